The Labute approximate surface area is 188 Å². The third-order valence-electron chi connectivity index (χ3n) is 5.31. The SMILES string of the molecule is CN(C)C(=O)c1cccc(-c2cc3c(Nc4ccc5[nH]ccc5c4)c(C#N)cnc3s2)c1. The number of hydrogen-bond donors (Lipinski definition) is 2. The van der Waals surface area contributed by atoms with E-state index < -0.39 is 0 Å². The highest BCUT2D eigenvalue weighted by Crippen LogP contribution is 2.38. The van der Waals surface area contributed by atoms with Crippen molar-refractivity contribution in [2.24, 2.45) is 0 Å². The molecule has 2 N–H and O–H groups in total. The van der Waals surface area contributed by atoms with Crippen molar-refractivity contribution in [1.29, 1.82) is 5.26 Å². The lowest BCUT2D eigenvalue weighted by Gasteiger charge is -2.10. The van der Waals surface area contributed by atoms with E-state index in [1.807, 2.05) is 60.8 Å². The summed E-state index contributed by atoms with van der Waals surface area (Å²) in [5, 5.41) is 15.1. The smallest absolute Gasteiger partial charge is 0.253 e. The summed E-state index contributed by atoms with van der Waals surface area (Å²) in [5.74, 6) is -0.0413. The van der Waals surface area contributed by atoms with Crippen molar-refractivity contribution in [2.45, 2.75) is 0 Å². The highest BCUT2D eigenvalue weighted by Gasteiger charge is 2.15. The van der Waals surface area contributed by atoms with Crippen molar-refractivity contribution < 1.29 is 4.79 Å². The Morgan fingerprint density at radius 1 is 1.16 bits per heavy atom. The summed E-state index contributed by atoms with van der Waals surface area (Å²) in [5.41, 5.74) is 4.74. The lowest BCUT2D eigenvalue weighted by molar-refractivity contribution is 0.0827. The molecule has 2 aromatic carbocycles. The van der Waals surface area contributed by atoms with Crippen molar-refractivity contribution in [2.75, 3.05) is 19.4 Å². The van der Waals surface area contributed by atoms with E-state index in [4.69, 9.17) is 0 Å². The highest BCUT2D eigenvalue weighted by atomic mass is 32.1. The number of thiophene rings is 1. The molecule has 0 spiro atoms. The first-order valence-electron chi connectivity index (χ1n) is 10.0. The second-order valence-corrected chi connectivity index (χ2v) is 8.70. The molecule has 0 saturated carbocycles. The molecule has 0 aliphatic carbocycles. The van der Waals surface area contributed by atoms with Gasteiger partial charge in [0.25, 0.3) is 5.91 Å². The van der Waals surface area contributed by atoms with Gasteiger partial charge in [-0.05, 0) is 48.0 Å². The summed E-state index contributed by atoms with van der Waals surface area (Å²) >= 11 is 1.54. The molecule has 3 aromatic heterocycles. The Bertz CT molecular complexity index is 1520. The number of rotatable bonds is 4. The summed E-state index contributed by atoms with van der Waals surface area (Å²) in [6, 6.07) is 19.9. The number of carbonyl (C=O) groups is 1. The number of nitrogens with zero attached hydrogens (tertiary/aromatic N) is 3. The summed E-state index contributed by atoms with van der Waals surface area (Å²) in [7, 11) is 3.48. The molecule has 156 valence electrons. The fourth-order valence-corrected chi connectivity index (χ4v) is 4.70. The summed E-state index contributed by atoms with van der Waals surface area (Å²) in [6.45, 7) is 0. The van der Waals surface area contributed by atoms with Gasteiger partial charge >= 0.3 is 0 Å². The number of aromatic amines is 1. The van der Waals surface area contributed by atoms with Crippen LogP contribution in [0.3, 0.4) is 0 Å². The van der Waals surface area contributed by atoms with Crippen molar-refractivity contribution in [3.63, 3.8) is 0 Å². The molecular formula is C25H19N5OS. The number of hydrogen-bond acceptors (Lipinski definition) is 5. The van der Waals surface area contributed by atoms with Gasteiger partial charge in [-0.25, -0.2) is 4.98 Å². The zero-order valence-corrected chi connectivity index (χ0v) is 18.3. The maximum Gasteiger partial charge on any atom is 0.253 e. The van der Waals surface area contributed by atoms with E-state index in [2.05, 4.69) is 21.4 Å². The van der Waals surface area contributed by atoms with Gasteiger partial charge in [0.1, 0.15) is 10.9 Å². The minimum Gasteiger partial charge on any atom is -0.361 e. The van der Waals surface area contributed by atoms with E-state index in [1.54, 1.807) is 25.2 Å². The van der Waals surface area contributed by atoms with Crippen LogP contribution in [0.15, 0.2) is 67.0 Å². The Morgan fingerprint density at radius 3 is 2.84 bits per heavy atom. The molecule has 32 heavy (non-hydrogen) atoms. The van der Waals surface area contributed by atoms with Crippen LogP contribution in [-0.4, -0.2) is 34.9 Å². The molecule has 7 heteroatoms. The van der Waals surface area contributed by atoms with Crippen molar-refractivity contribution in [3.05, 3.63) is 78.1 Å². The van der Waals surface area contributed by atoms with Gasteiger partial charge in [0.05, 0.1) is 11.3 Å². The molecule has 0 bridgehead atoms. The van der Waals surface area contributed by atoms with Crippen LogP contribution in [-0.2, 0) is 0 Å². The fraction of sp³-hybridized carbons (Fsp3) is 0.0800. The third kappa shape index (κ3) is 3.47. The van der Waals surface area contributed by atoms with Crippen molar-refractivity contribution in [3.8, 4) is 16.5 Å². The van der Waals surface area contributed by atoms with E-state index in [-0.39, 0.29) is 5.91 Å². The molecule has 5 rings (SSSR count). The van der Waals surface area contributed by atoms with Crippen LogP contribution in [0.4, 0.5) is 11.4 Å². The maximum atomic E-state index is 12.4. The van der Waals surface area contributed by atoms with Crippen LogP contribution < -0.4 is 5.32 Å². The van der Waals surface area contributed by atoms with Gasteiger partial charge in [0.15, 0.2) is 0 Å². The van der Waals surface area contributed by atoms with Gasteiger partial charge in [-0.15, -0.1) is 11.3 Å². The van der Waals surface area contributed by atoms with Crippen molar-refractivity contribution in [1.82, 2.24) is 14.9 Å². The average molecular weight is 438 g/mol. The largest absolute Gasteiger partial charge is 0.361 e. The predicted octanol–water partition coefficient (Wildman–Crippen LogP) is 5.76. The Balaban J connectivity index is 1.59. The first-order valence-corrected chi connectivity index (χ1v) is 10.8. The minimum absolute atomic E-state index is 0.0413. The van der Waals surface area contributed by atoms with E-state index in [1.165, 1.54) is 11.3 Å². The highest BCUT2D eigenvalue weighted by molar-refractivity contribution is 7.22. The van der Waals surface area contributed by atoms with Crippen LogP contribution in [0.25, 0.3) is 31.6 Å². The van der Waals surface area contributed by atoms with Crippen LogP contribution in [0.2, 0.25) is 0 Å². The number of nitriles is 1. The lowest BCUT2D eigenvalue weighted by Crippen LogP contribution is -2.21. The molecule has 0 saturated heterocycles. The zero-order chi connectivity index (χ0) is 22.2. The van der Waals surface area contributed by atoms with Gasteiger partial charge in [-0.3, -0.25) is 4.79 Å². The average Bonchev–Trinajstić information content (AvgIpc) is 3.45. The predicted molar refractivity (Wildman–Crippen MR) is 129 cm³/mol. The van der Waals surface area contributed by atoms with E-state index in [9.17, 15) is 10.1 Å². The standard InChI is InChI=1S/C25H19N5OS/c1-30(2)25(31)17-5-3-4-16(10-17)22-12-20-23(18(13-26)14-28-24(20)32-22)29-19-6-7-21-15(11-19)8-9-27-21/h3-12,14,27H,1-2H3,(H,28,29). The zero-order valence-electron chi connectivity index (χ0n) is 17.5. The number of anilines is 2. The van der Waals surface area contributed by atoms with E-state index in [0.717, 1.165) is 42.9 Å². The number of aromatic nitrogens is 2. The lowest BCUT2D eigenvalue weighted by atomic mass is 10.1. The molecule has 1 amide bonds. The molecule has 0 radical (unpaired) electrons. The van der Waals surface area contributed by atoms with Gasteiger partial charge in [0.2, 0.25) is 0 Å². The van der Waals surface area contributed by atoms with Gasteiger partial charge in [-0.1, -0.05) is 12.1 Å². The van der Waals surface area contributed by atoms with Crippen molar-refractivity contribution >= 4 is 49.7 Å². The molecule has 5 aromatic rings. The van der Waals surface area contributed by atoms with Gasteiger partial charge < -0.3 is 15.2 Å². The molecule has 0 aliphatic heterocycles. The normalized spacial score (nSPS) is 10.9. The molecule has 0 atom stereocenters. The van der Waals surface area contributed by atoms with Crippen LogP contribution in [0.1, 0.15) is 15.9 Å². The Hall–Kier alpha value is -4.15. The van der Waals surface area contributed by atoms with Crippen LogP contribution >= 0.6 is 11.3 Å². The van der Waals surface area contributed by atoms with Crippen LogP contribution in [0.5, 0.6) is 0 Å². The first kappa shape index (κ1) is 19.8. The Kier molecular flexibility index (Phi) is 4.85. The monoisotopic (exact) mass is 437 g/mol. The number of amides is 1. The summed E-state index contributed by atoms with van der Waals surface area (Å²) in [6.07, 6.45) is 3.51. The number of H-pyrrole nitrogens is 1. The fourth-order valence-electron chi connectivity index (χ4n) is 3.69. The number of pyridine rings is 1. The molecule has 0 unspecified atom stereocenters. The van der Waals surface area contributed by atoms with Gasteiger partial charge in [-0.2, -0.15) is 5.26 Å². The molecule has 0 aliphatic rings. The van der Waals surface area contributed by atoms with Gasteiger partial charge in [0, 0.05) is 58.9 Å². The molecule has 0 fully saturated rings. The molecule has 3 heterocycles. The first-order chi connectivity index (χ1) is 15.5. The summed E-state index contributed by atoms with van der Waals surface area (Å²) in [4.78, 5) is 23.5. The number of nitrogens with one attached hydrogen (secondary N) is 2. The second-order valence-electron chi connectivity index (χ2n) is 7.67. The van der Waals surface area contributed by atoms with E-state index in [0.29, 0.717) is 11.1 Å². The Morgan fingerprint density at radius 2 is 2.03 bits per heavy atom. The maximum absolute atomic E-state index is 12.4. The number of carbonyl (C=O) groups excluding carboxylic acids is 1. The quantitative estimate of drug-likeness (QED) is 0.374. The molecular weight excluding hydrogens is 418 g/mol. The number of benzene rings is 2. The van der Waals surface area contributed by atoms with E-state index >= 15 is 0 Å². The third-order valence-corrected chi connectivity index (χ3v) is 6.40. The van der Waals surface area contributed by atoms with Crippen LogP contribution in [0, 0.1) is 11.3 Å². The summed E-state index contributed by atoms with van der Waals surface area (Å²) < 4.78 is 0. The second kappa shape index (κ2) is 7.84. The number of fused-ring (bicyclic) bond motifs is 2. The topological polar surface area (TPSA) is 84.8 Å². The molecule has 6 nitrogen and oxygen atoms in total. The minimum atomic E-state index is -0.0413.